The van der Waals surface area contributed by atoms with Gasteiger partial charge in [0.2, 0.25) is 17.7 Å². The summed E-state index contributed by atoms with van der Waals surface area (Å²) in [5.74, 6) is -9.10. The summed E-state index contributed by atoms with van der Waals surface area (Å²) in [5.41, 5.74) is 0.738. The quantitative estimate of drug-likeness (QED) is 0.0622. The highest BCUT2D eigenvalue weighted by Crippen LogP contribution is 2.20. The third-order valence-electron chi connectivity index (χ3n) is 11.7. The molecule has 2 aromatic carbocycles. The minimum absolute atomic E-state index is 0.00261. The normalized spacial score (nSPS) is 15.0. The molecule has 91 heavy (non-hydrogen) atoms. The fourth-order valence-electron chi connectivity index (χ4n) is 6.98. The molecule has 2 aromatic rings. The first kappa shape index (κ1) is 76.8. The zero-order chi connectivity index (χ0) is 68.0. The van der Waals surface area contributed by atoms with Crippen LogP contribution in [0.3, 0.4) is 0 Å². The summed E-state index contributed by atoms with van der Waals surface area (Å²) in [6.45, 7) is 5.46. The second-order valence-corrected chi connectivity index (χ2v) is 22.4. The van der Waals surface area contributed by atoms with Crippen LogP contribution in [0.2, 0.25) is 0 Å². The molecule has 5 aliphatic rings. The number of carbonyl (C=O) groups excluding carboxylic acids is 18. The van der Waals surface area contributed by atoms with Gasteiger partial charge in [0.25, 0.3) is 59.1 Å². The first-order chi connectivity index (χ1) is 43.1. The number of sulfone groups is 1. The Kier molecular flexibility index (Phi) is 32.9. The Morgan fingerprint density at radius 1 is 0.473 bits per heavy atom. The smallest absolute Gasteiger partial charge is 0.355 e. The Balaban J connectivity index is 0.000000300. The van der Waals surface area contributed by atoms with Gasteiger partial charge in [0.15, 0.2) is 9.84 Å². The average molecular weight is 1590 g/mol. The summed E-state index contributed by atoms with van der Waals surface area (Å²) in [6, 6.07) is 10.8. The first-order valence-corrected chi connectivity index (χ1v) is 32.8. The topological polar surface area (TPSA) is 440 Å². The van der Waals surface area contributed by atoms with Crippen LogP contribution < -0.4 is 16.0 Å². The van der Waals surface area contributed by atoms with Gasteiger partial charge in [-0.15, -0.1) is 25.3 Å². The van der Waals surface area contributed by atoms with E-state index in [0.29, 0.717) is 52.8 Å². The van der Waals surface area contributed by atoms with Gasteiger partial charge in [0.1, 0.15) is 0 Å². The maximum absolute atomic E-state index is 11.8. The number of halogens is 3. The number of nitrogens with zero attached hydrogens (tertiary/aromatic N) is 5. The molecule has 33 nitrogen and oxygen atoms in total. The molecule has 37 heteroatoms. The third-order valence-corrected chi connectivity index (χ3v) is 14.9. The Morgan fingerprint density at radius 3 is 1.16 bits per heavy atom. The lowest BCUT2D eigenvalue weighted by molar-refractivity contribution is -0.197. The Hall–Kier alpha value is -8.47. The van der Waals surface area contributed by atoms with Gasteiger partial charge in [-0.05, 0) is 61.4 Å². The highest BCUT2D eigenvalue weighted by atomic mass is 127. The molecule has 0 saturated carbocycles. The maximum atomic E-state index is 11.8. The molecule has 0 aliphatic carbocycles. The molecule has 0 bridgehead atoms. The van der Waals surface area contributed by atoms with Crippen molar-refractivity contribution in [2.75, 3.05) is 32.6 Å². The maximum Gasteiger partial charge on any atom is 0.363 e. The van der Waals surface area contributed by atoms with E-state index >= 15 is 0 Å². The minimum atomic E-state index is -3.59. The van der Waals surface area contributed by atoms with Crippen LogP contribution in [0.5, 0.6) is 0 Å². The van der Waals surface area contributed by atoms with Crippen molar-refractivity contribution in [3.05, 3.63) is 71.6 Å². The van der Waals surface area contributed by atoms with Crippen molar-refractivity contribution in [3.8, 4) is 0 Å². The summed E-state index contributed by atoms with van der Waals surface area (Å²) < 4.78 is 23.8. The summed E-state index contributed by atoms with van der Waals surface area (Å²) in [4.78, 5) is 225. The van der Waals surface area contributed by atoms with Crippen molar-refractivity contribution in [1.29, 1.82) is 0 Å². The third kappa shape index (κ3) is 26.1. The predicted molar refractivity (Wildman–Crippen MR) is 324 cm³/mol. The molecule has 0 aromatic heterocycles. The van der Waals surface area contributed by atoms with Crippen LogP contribution in [0.25, 0.3) is 0 Å². The SMILES string of the molecule is C=CS(=O)(=O)c1ccc(C(=O)ON2C(=O)CCC2=O)cc1.CCC(=O)ON1C(=O)CCC1=O.O=C(CBr)NCCC(=O)ON1C(=O)CCC1=O.O=C(CI)NCCCCCC(=O)ON1C(=O)CCC1=O.O=C(CI)Nc1ccc(C(=O)ON2C(=O)CCC2=O)cc1. The largest absolute Gasteiger partial charge is 0.363 e. The van der Waals surface area contributed by atoms with Gasteiger partial charge >= 0.3 is 29.8 Å². The molecular formula is C54H59BrI2N8O25S. The lowest BCUT2D eigenvalue weighted by Gasteiger charge is -2.12. The molecule has 0 radical (unpaired) electrons. The number of hydrogen-bond donors (Lipinski definition) is 3. The van der Waals surface area contributed by atoms with Crippen molar-refractivity contribution in [3.63, 3.8) is 0 Å². The molecule has 5 fully saturated rings. The predicted octanol–water partition coefficient (Wildman–Crippen LogP) is 2.31. The number of benzene rings is 2. The van der Waals surface area contributed by atoms with Gasteiger partial charge in [-0.25, -0.2) is 32.4 Å². The lowest BCUT2D eigenvalue weighted by Crippen LogP contribution is -2.34. The van der Waals surface area contributed by atoms with Gasteiger partial charge in [0.05, 0.1) is 36.6 Å². The molecule has 492 valence electrons. The van der Waals surface area contributed by atoms with Crippen LogP contribution in [0.15, 0.2) is 65.4 Å². The van der Waals surface area contributed by atoms with E-state index in [1.54, 1.807) is 6.92 Å². The van der Waals surface area contributed by atoms with Crippen molar-refractivity contribution < 1.29 is 119 Å². The standard InChI is InChI=1S/C13H11IN2O5.C13H11NO6S.C12H17IN2O5.C9H11BrN2O5.C7H9NO4/c14-7-10(17)15-9-3-1-8(2-4-9)13(20)21-16-11(18)5-6-12(16)19;1-2-21(18,19)10-5-3-9(4-6-10)13(17)20-14-11(15)7-8-12(14)16;13-8-9(16)14-7-3-1-2-4-12(19)20-15-10(17)5-6-11(15)18;10-5-6(13)11-4-3-9(16)17-12-7(14)1-2-8(12)15;1-2-7(11)12-8-5(9)3-4-6(8)10/h1-4H,5-7H2,(H,15,17);2-6H,1,7-8H2;1-8H2,(H,14,16);1-5H2,(H,11,13);2-4H2,1H3. The number of alkyl halides is 3. The van der Waals surface area contributed by atoms with Gasteiger partial charge < -0.3 is 40.1 Å². The Labute approximate surface area is 553 Å². The highest BCUT2D eigenvalue weighted by molar-refractivity contribution is 14.1. The van der Waals surface area contributed by atoms with Gasteiger partial charge in [-0.3, -0.25) is 62.3 Å². The molecule has 0 unspecified atom stereocenters. The van der Waals surface area contributed by atoms with Gasteiger partial charge in [-0.2, -0.15) is 0 Å². The Morgan fingerprint density at radius 2 is 0.813 bits per heavy atom. The van der Waals surface area contributed by atoms with Crippen molar-refractivity contribution in [2.24, 2.45) is 0 Å². The van der Waals surface area contributed by atoms with E-state index in [1.165, 1.54) is 48.5 Å². The monoisotopic (exact) mass is 1580 g/mol. The number of hydroxylamine groups is 10. The van der Waals surface area contributed by atoms with Gasteiger partial charge in [0, 0.05) is 101 Å². The van der Waals surface area contributed by atoms with E-state index in [4.69, 9.17) is 14.5 Å². The molecule has 5 saturated heterocycles. The van der Waals surface area contributed by atoms with E-state index < -0.39 is 98.8 Å². The van der Waals surface area contributed by atoms with Crippen LogP contribution in [0.4, 0.5) is 5.69 Å². The number of carbonyl (C=O) groups is 18. The van der Waals surface area contributed by atoms with E-state index in [1.807, 2.05) is 45.2 Å². The number of anilines is 1. The molecule has 0 atom stereocenters. The van der Waals surface area contributed by atoms with Gasteiger partial charge in [-0.1, -0.05) is 81.0 Å². The van der Waals surface area contributed by atoms with E-state index in [2.05, 4.69) is 48.1 Å². The summed E-state index contributed by atoms with van der Waals surface area (Å²) in [7, 11) is -3.59. The summed E-state index contributed by atoms with van der Waals surface area (Å²) in [5, 5.41) is 11.2. The number of rotatable bonds is 23. The number of hydrogen-bond acceptors (Lipinski definition) is 25. The van der Waals surface area contributed by atoms with Crippen molar-refractivity contribution >= 4 is 183 Å². The molecule has 7 rings (SSSR count). The van der Waals surface area contributed by atoms with Crippen molar-refractivity contribution in [1.82, 2.24) is 35.9 Å². The molecule has 5 heterocycles. The summed E-state index contributed by atoms with van der Waals surface area (Å²) >= 11 is 6.86. The first-order valence-electron chi connectivity index (χ1n) is 27.0. The van der Waals surface area contributed by atoms with Crippen LogP contribution in [-0.4, -0.2) is 168 Å². The molecule has 0 spiro atoms. The Bertz CT molecular complexity index is 3200. The second-order valence-electron chi connectivity index (χ2n) is 18.4. The zero-order valence-electron chi connectivity index (χ0n) is 48.2. The number of nitrogens with one attached hydrogen (secondary N) is 3. The van der Waals surface area contributed by atoms with Crippen LogP contribution in [-0.2, 0) is 111 Å². The van der Waals surface area contributed by atoms with E-state index in [0.717, 1.165) is 18.2 Å². The zero-order valence-corrected chi connectivity index (χ0v) is 55.0. The van der Waals surface area contributed by atoms with Crippen LogP contribution in [0, 0.1) is 0 Å². The van der Waals surface area contributed by atoms with Crippen LogP contribution >= 0.6 is 61.1 Å². The average Bonchev–Trinajstić information content (AvgIpc) is 1.64. The molecule has 5 aliphatic heterocycles. The second kappa shape index (κ2) is 38.9. The number of imide groups is 5. The number of unbranched alkanes of at least 4 members (excludes halogenated alkanes) is 2. The highest BCUT2D eigenvalue weighted by Gasteiger charge is 2.37. The fraction of sp³-hybridized carbons (Fsp3) is 0.407. The fourth-order valence-corrected chi connectivity index (χ4v) is 8.35. The molecule has 13 amide bonds. The van der Waals surface area contributed by atoms with Crippen molar-refractivity contribution in [2.45, 2.75) is 115 Å². The number of amides is 13. The summed E-state index contributed by atoms with van der Waals surface area (Å²) in [6.07, 6.45) is 3.02. The minimum Gasteiger partial charge on any atom is -0.355 e. The van der Waals surface area contributed by atoms with Crippen LogP contribution in [0.1, 0.15) is 130 Å². The van der Waals surface area contributed by atoms with E-state index in [9.17, 15) is 94.7 Å². The lowest BCUT2D eigenvalue weighted by atomic mass is 10.2. The van der Waals surface area contributed by atoms with E-state index in [-0.39, 0.29) is 129 Å². The molecular weight excluding hydrogens is 1530 g/mol. The molecule has 3 N–H and O–H groups in total.